The van der Waals surface area contributed by atoms with Crippen LogP contribution in [0.5, 0.6) is 0 Å². The molecule has 1 aliphatic rings. The minimum atomic E-state index is -0.150. The highest BCUT2D eigenvalue weighted by Crippen LogP contribution is 2.47. The summed E-state index contributed by atoms with van der Waals surface area (Å²) in [7, 11) is 0. The molecule has 0 heterocycles. The largest absolute Gasteiger partial charge is 0.337 e. The monoisotopic (exact) mass is 342 g/mol. The van der Waals surface area contributed by atoms with Gasteiger partial charge in [0.25, 0.3) is 0 Å². The molecule has 0 saturated heterocycles. The van der Waals surface area contributed by atoms with Crippen molar-refractivity contribution in [2.45, 2.75) is 38.0 Å². The van der Waals surface area contributed by atoms with E-state index in [9.17, 15) is 4.79 Å². The minimum absolute atomic E-state index is 0.0689. The van der Waals surface area contributed by atoms with Crippen molar-refractivity contribution in [3.63, 3.8) is 0 Å². The average Bonchev–Trinajstić information content (AvgIpc) is 3.35. The van der Waals surface area contributed by atoms with Gasteiger partial charge in [0, 0.05) is 22.7 Å². The fourth-order valence-corrected chi connectivity index (χ4v) is 3.18. The van der Waals surface area contributed by atoms with Gasteiger partial charge in [-0.25, -0.2) is 4.79 Å². The highest BCUT2D eigenvalue weighted by molar-refractivity contribution is 6.30. The van der Waals surface area contributed by atoms with Gasteiger partial charge in [0.1, 0.15) is 0 Å². The summed E-state index contributed by atoms with van der Waals surface area (Å²) in [6.07, 6.45) is 2.19. The van der Waals surface area contributed by atoms with Crippen LogP contribution in [0.4, 0.5) is 10.5 Å². The number of rotatable bonds is 5. The number of halogens is 1. The molecule has 1 aliphatic carbocycles. The predicted molar refractivity (Wildman–Crippen MR) is 99.9 cm³/mol. The quantitative estimate of drug-likeness (QED) is 0.758. The molecule has 1 saturated carbocycles. The molecule has 0 aliphatic heterocycles. The Hall–Kier alpha value is -2.00. The molecule has 0 bridgehead atoms. The minimum Gasteiger partial charge on any atom is -0.337 e. The molecule has 0 spiro atoms. The van der Waals surface area contributed by atoms with Crippen LogP contribution in [0.1, 0.15) is 43.7 Å². The first-order chi connectivity index (χ1) is 11.5. The lowest BCUT2D eigenvalue weighted by Crippen LogP contribution is -2.35. The number of para-hydroxylation sites is 1. The van der Waals surface area contributed by atoms with E-state index in [4.69, 9.17) is 11.6 Å². The summed E-state index contributed by atoms with van der Waals surface area (Å²) >= 11 is 5.96. The molecule has 24 heavy (non-hydrogen) atoms. The maximum absolute atomic E-state index is 12.3. The second-order valence-corrected chi connectivity index (χ2v) is 7.27. The summed E-state index contributed by atoms with van der Waals surface area (Å²) in [6.45, 7) is 4.89. The lowest BCUT2D eigenvalue weighted by atomic mass is 9.96. The van der Waals surface area contributed by atoms with Gasteiger partial charge >= 0.3 is 6.03 Å². The number of benzene rings is 2. The van der Waals surface area contributed by atoms with Crippen LogP contribution >= 0.6 is 11.6 Å². The second-order valence-electron chi connectivity index (χ2n) is 6.84. The average molecular weight is 343 g/mol. The molecule has 126 valence electrons. The maximum Gasteiger partial charge on any atom is 0.319 e. The Kier molecular flexibility index (Phi) is 4.81. The van der Waals surface area contributed by atoms with Gasteiger partial charge in [-0.15, -0.1) is 0 Å². The van der Waals surface area contributed by atoms with E-state index < -0.39 is 0 Å². The zero-order valence-electron chi connectivity index (χ0n) is 14.1. The normalized spacial score (nSPS) is 15.2. The van der Waals surface area contributed by atoms with Crippen molar-refractivity contribution < 1.29 is 4.79 Å². The van der Waals surface area contributed by atoms with Crippen molar-refractivity contribution >= 4 is 23.3 Å². The topological polar surface area (TPSA) is 41.1 Å². The number of carbonyl (C=O) groups excluding carboxylic acids is 1. The summed E-state index contributed by atoms with van der Waals surface area (Å²) in [4.78, 5) is 12.3. The molecular formula is C20H23ClN2O. The molecular weight excluding hydrogens is 320 g/mol. The molecule has 3 nitrogen and oxygen atoms in total. The van der Waals surface area contributed by atoms with Crippen LogP contribution in [0, 0.1) is 0 Å². The number of hydrogen-bond donors (Lipinski definition) is 2. The Morgan fingerprint density at radius 3 is 2.42 bits per heavy atom. The van der Waals surface area contributed by atoms with E-state index in [-0.39, 0.29) is 11.4 Å². The smallest absolute Gasteiger partial charge is 0.319 e. The first-order valence-corrected chi connectivity index (χ1v) is 8.78. The number of amides is 2. The molecule has 0 atom stereocenters. The number of urea groups is 1. The standard InChI is InChI=1S/C20H23ClN2O/c1-14(2)17-5-3-4-6-18(17)23-19(24)22-13-20(11-12-20)15-7-9-16(21)10-8-15/h3-10,14H,11-13H2,1-2H3,(H2,22,23,24). The third-order valence-electron chi connectivity index (χ3n) is 4.73. The van der Waals surface area contributed by atoms with E-state index in [0.717, 1.165) is 29.1 Å². The van der Waals surface area contributed by atoms with Crippen LogP contribution < -0.4 is 10.6 Å². The first-order valence-electron chi connectivity index (χ1n) is 8.40. The Morgan fingerprint density at radius 1 is 1.12 bits per heavy atom. The Labute approximate surface area is 148 Å². The molecule has 2 amide bonds. The zero-order valence-corrected chi connectivity index (χ0v) is 14.9. The van der Waals surface area contributed by atoms with E-state index >= 15 is 0 Å². The summed E-state index contributed by atoms with van der Waals surface area (Å²) in [5.74, 6) is 0.366. The van der Waals surface area contributed by atoms with Gasteiger partial charge < -0.3 is 10.6 Å². The summed E-state index contributed by atoms with van der Waals surface area (Å²) < 4.78 is 0. The fraction of sp³-hybridized carbons (Fsp3) is 0.350. The van der Waals surface area contributed by atoms with E-state index in [1.54, 1.807) is 0 Å². The zero-order chi connectivity index (χ0) is 17.2. The maximum atomic E-state index is 12.3. The molecule has 2 aromatic carbocycles. The van der Waals surface area contributed by atoms with Crippen LogP contribution in [-0.2, 0) is 5.41 Å². The van der Waals surface area contributed by atoms with Crippen LogP contribution in [0.2, 0.25) is 5.02 Å². The third-order valence-corrected chi connectivity index (χ3v) is 4.98. The van der Waals surface area contributed by atoms with Gasteiger partial charge in [-0.2, -0.15) is 0 Å². The van der Waals surface area contributed by atoms with Crippen molar-refractivity contribution in [2.75, 3.05) is 11.9 Å². The fourth-order valence-electron chi connectivity index (χ4n) is 3.05. The van der Waals surface area contributed by atoms with Crippen molar-refractivity contribution in [1.29, 1.82) is 0 Å². The summed E-state index contributed by atoms with van der Waals surface area (Å²) in [5, 5.41) is 6.75. The summed E-state index contributed by atoms with van der Waals surface area (Å²) in [5.41, 5.74) is 3.34. The number of carbonyl (C=O) groups is 1. The lowest BCUT2D eigenvalue weighted by Gasteiger charge is -2.18. The van der Waals surface area contributed by atoms with Gasteiger partial charge in [0.05, 0.1) is 0 Å². The van der Waals surface area contributed by atoms with Gasteiger partial charge in [-0.3, -0.25) is 0 Å². The SMILES string of the molecule is CC(C)c1ccccc1NC(=O)NCC1(c2ccc(Cl)cc2)CC1. The molecule has 0 unspecified atom stereocenters. The molecule has 3 rings (SSSR count). The highest BCUT2D eigenvalue weighted by Gasteiger charge is 2.44. The Balaban J connectivity index is 1.61. The Bertz CT molecular complexity index is 721. The van der Waals surface area contributed by atoms with E-state index in [1.807, 2.05) is 30.3 Å². The van der Waals surface area contributed by atoms with Gasteiger partial charge in [-0.05, 0) is 48.1 Å². The lowest BCUT2D eigenvalue weighted by molar-refractivity contribution is 0.251. The highest BCUT2D eigenvalue weighted by atomic mass is 35.5. The van der Waals surface area contributed by atoms with Crippen molar-refractivity contribution in [2.24, 2.45) is 0 Å². The van der Waals surface area contributed by atoms with Crippen LogP contribution in [0.3, 0.4) is 0 Å². The predicted octanol–water partition coefficient (Wildman–Crippen LogP) is 5.32. The van der Waals surface area contributed by atoms with E-state index in [0.29, 0.717) is 12.5 Å². The molecule has 0 radical (unpaired) electrons. The molecule has 2 aromatic rings. The van der Waals surface area contributed by atoms with Crippen LogP contribution in [-0.4, -0.2) is 12.6 Å². The first kappa shape index (κ1) is 16.8. The van der Waals surface area contributed by atoms with Crippen LogP contribution in [0.25, 0.3) is 0 Å². The number of nitrogens with one attached hydrogen (secondary N) is 2. The van der Waals surface area contributed by atoms with E-state index in [1.165, 1.54) is 5.56 Å². The van der Waals surface area contributed by atoms with Gasteiger partial charge in [-0.1, -0.05) is 55.8 Å². The summed E-state index contributed by atoms with van der Waals surface area (Å²) in [6, 6.07) is 15.7. The molecule has 2 N–H and O–H groups in total. The number of anilines is 1. The molecule has 0 aromatic heterocycles. The molecule has 1 fully saturated rings. The van der Waals surface area contributed by atoms with Crippen molar-refractivity contribution in [1.82, 2.24) is 5.32 Å². The van der Waals surface area contributed by atoms with Crippen LogP contribution in [0.15, 0.2) is 48.5 Å². The van der Waals surface area contributed by atoms with E-state index in [2.05, 4.69) is 42.7 Å². The van der Waals surface area contributed by atoms with Crippen molar-refractivity contribution in [3.8, 4) is 0 Å². The van der Waals surface area contributed by atoms with Gasteiger partial charge in [0.2, 0.25) is 0 Å². The third kappa shape index (κ3) is 3.73. The number of hydrogen-bond acceptors (Lipinski definition) is 1. The molecule has 4 heteroatoms. The Morgan fingerprint density at radius 2 is 1.79 bits per heavy atom. The van der Waals surface area contributed by atoms with Gasteiger partial charge in [0.15, 0.2) is 0 Å². The van der Waals surface area contributed by atoms with Crippen molar-refractivity contribution in [3.05, 3.63) is 64.7 Å². The second kappa shape index (κ2) is 6.86.